The van der Waals surface area contributed by atoms with E-state index in [-0.39, 0.29) is 12.7 Å². The molecule has 0 spiro atoms. The number of rotatable bonds is 5. The minimum absolute atomic E-state index is 0.135. The van der Waals surface area contributed by atoms with Gasteiger partial charge in [0.15, 0.2) is 17.6 Å². The van der Waals surface area contributed by atoms with Crippen molar-refractivity contribution in [3.8, 4) is 17.2 Å². The van der Waals surface area contributed by atoms with Gasteiger partial charge in [-0.1, -0.05) is 41.9 Å². The van der Waals surface area contributed by atoms with Crippen LogP contribution in [0.5, 0.6) is 17.2 Å². The molecule has 0 unspecified atom stereocenters. The van der Waals surface area contributed by atoms with Gasteiger partial charge in [-0.15, -0.1) is 0 Å². The highest BCUT2D eigenvalue weighted by Gasteiger charge is 2.18. The van der Waals surface area contributed by atoms with E-state index in [1.54, 1.807) is 19.1 Å². The summed E-state index contributed by atoms with van der Waals surface area (Å²) in [5, 5.41) is 6.54. The number of benzene rings is 3. The van der Waals surface area contributed by atoms with Gasteiger partial charge in [0.2, 0.25) is 6.79 Å². The second kappa shape index (κ2) is 7.78. The predicted molar refractivity (Wildman–Crippen MR) is 107 cm³/mol. The van der Waals surface area contributed by atoms with E-state index in [4.69, 9.17) is 25.8 Å². The zero-order valence-electron chi connectivity index (χ0n) is 15.0. The molecule has 1 N–H and O–H groups in total. The molecule has 1 aliphatic heterocycles. The third kappa shape index (κ3) is 3.87. The molecule has 0 aromatic heterocycles. The molecule has 6 nitrogen and oxygen atoms in total. The average Bonchev–Trinajstić information content (AvgIpc) is 3.17. The summed E-state index contributed by atoms with van der Waals surface area (Å²) in [5.41, 5.74) is 3.14. The van der Waals surface area contributed by atoms with Gasteiger partial charge in [0.1, 0.15) is 5.75 Å². The highest BCUT2D eigenvalue weighted by atomic mass is 35.5. The summed E-state index contributed by atoms with van der Waals surface area (Å²) < 4.78 is 16.3. The van der Waals surface area contributed by atoms with Crippen molar-refractivity contribution < 1.29 is 19.0 Å². The summed E-state index contributed by atoms with van der Waals surface area (Å²) in [6, 6.07) is 17.1. The molecule has 28 heavy (non-hydrogen) atoms. The first-order valence-corrected chi connectivity index (χ1v) is 9.05. The van der Waals surface area contributed by atoms with Crippen molar-refractivity contribution in [2.45, 2.75) is 13.0 Å². The molecule has 0 saturated heterocycles. The van der Waals surface area contributed by atoms with Gasteiger partial charge in [-0.25, -0.2) is 5.43 Å². The highest BCUT2D eigenvalue weighted by Crippen LogP contribution is 2.39. The maximum Gasteiger partial charge on any atom is 0.280 e. The normalized spacial score (nSPS) is 13.6. The zero-order chi connectivity index (χ0) is 19.5. The highest BCUT2D eigenvalue weighted by molar-refractivity contribution is 6.32. The summed E-state index contributed by atoms with van der Waals surface area (Å²) in [7, 11) is 0. The quantitative estimate of drug-likeness (QED) is 0.520. The number of nitrogens with zero attached hydrogens (tertiary/aromatic N) is 1. The van der Waals surface area contributed by atoms with Gasteiger partial charge in [0.25, 0.3) is 5.91 Å². The van der Waals surface area contributed by atoms with Gasteiger partial charge in [0, 0.05) is 0 Å². The second-order valence-corrected chi connectivity index (χ2v) is 6.65. The van der Waals surface area contributed by atoms with Gasteiger partial charge in [-0.3, -0.25) is 4.79 Å². The fourth-order valence-corrected chi connectivity index (χ4v) is 3.10. The molecule has 0 radical (unpaired) electrons. The minimum Gasteiger partial charge on any atom is -0.481 e. The molecule has 7 heteroatoms. The topological polar surface area (TPSA) is 69.2 Å². The lowest BCUT2D eigenvalue weighted by atomic mass is 10.1. The summed E-state index contributed by atoms with van der Waals surface area (Å²) in [6.45, 7) is 1.80. The Hall–Kier alpha value is -3.25. The van der Waals surface area contributed by atoms with Crippen LogP contribution >= 0.6 is 11.6 Å². The summed E-state index contributed by atoms with van der Waals surface area (Å²) in [5.74, 6) is 1.32. The molecule has 0 aliphatic carbocycles. The molecule has 3 aromatic rings. The van der Waals surface area contributed by atoms with E-state index in [0.717, 1.165) is 10.8 Å². The molecule has 1 amide bonds. The smallest absolute Gasteiger partial charge is 0.280 e. The largest absolute Gasteiger partial charge is 0.481 e. The van der Waals surface area contributed by atoms with Gasteiger partial charge < -0.3 is 14.2 Å². The third-order valence-electron chi connectivity index (χ3n) is 4.24. The number of amides is 1. The lowest BCUT2D eigenvalue weighted by molar-refractivity contribution is -0.127. The fourth-order valence-electron chi connectivity index (χ4n) is 2.82. The molecule has 0 fully saturated rings. The molecule has 0 saturated carbocycles. The Kier molecular flexibility index (Phi) is 5.04. The van der Waals surface area contributed by atoms with Crippen molar-refractivity contribution in [2.75, 3.05) is 6.79 Å². The number of carbonyl (C=O) groups excluding carboxylic acids is 1. The van der Waals surface area contributed by atoms with E-state index in [2.05, 4.69) is 10.5 Å². The fraction of sp³-hybridized carbons (Fsp3) is 0.143. The SMILES string of the molecule is C[C@H](Oc1ccc2ccccc2c1)C(=O)N/N=C\c1cc(Cl)c2c(c1)OCO2. The Labute approximate surface area is 166 Å². The Balaban J connectivity index is 1.37. The monoisotopic (exact) mass is 396 g/mol. The van der Waals surface area contributed by atoms with Crippen LogP contribution in [-0.4, -0.2) is 25.0 Å². The van der Waals surface area contributed by atoms with Crippen LogP contribution in [0.25, 0.3) is 10.8 Å². The van der Waals surface area contributed by atoms with Crippen molar-refractivity contribution in [1.29, 1.82) is 0 Å². The Morgan fingerprint density at radius 3 is 2.86 bits per heavy atom. The average molecular weight is 397 g/mol. The number of hydrazone groups is 1. The zero-order valence-corrected chi connectivity index (χ0v) is 15.8. The molecule has 1 atom stereocenters. The van der Waals surface area contributed by atoms with Gasteiger partial charge in [0.05, 0.1) is 11.2 Å². The Bertz CT molecular complexity index is 1070. The van der Waals surface area contributed by atoms with Crippen molar-refractivity contribution in [1.82, 2.24) is 5.43 Å². The molecular weight excluding hydrogens is 380 g/mol. The standard InChI is InChI=1S/C21H17ClN2O4/c1-13(28-17-7-6-15-4-2-3-5-16(15)10-17)21(25)24-23-11-14-8-18(22)20-19(9-14)26-12-27-20/h2-11,13H,12H2,1H3,(H,24,25)/b23-11-/t13-/m0/s1. The van der Waals surface area contributed by atoms with E-state index in [9.17, 15) is 4.79 Å². The lowest BCUT2D eigenvalue weighted by Gasteiger charge is -2.13. The lowest BCUT2D eigenvalue weighted by Crippen LogP contribution is -2.33. The van der Waals surface area contributed by atoms with Crippen molar-refractivity contribution >= 4 is 34.5 Å². The first kappa shape index (κ1) is 18.1. The maximum absolute atomic E-state index is 12.2. The van der Waals surface area contributed by atoms with Crippen LogP contribution in [0, 0.1) is 0 Å². The molecule has 4 rings (SSSR count). The number of carbonyl (C=O) groups is 1. The number of hydrogen-bond donors (Lipinski definition) is 1. The van der Waals surface area contributed by atoms with Gasteiger partial charge >= 0.3 is 0 Å². The maximum atomic E-state index is 12.2. The van der Waals surface area contributed by atoms with Crippen molar-refractivity contribution in [2.24, 2.45) is 5.10 Å². The summed E-state index contributed by atoms with van der Waals surface area (Å²) >= 11 is 6.12. The summed E-state index contributed by atoms with van der Waals surface area (Å²) in [6.07, 6.45) is 0.771. The van der Waals surface area contributed by atoms with Crippen LogP contribution in [-0.2, 0) is 4.79 Å². The van der Waals surface area contributed by atoms with Crippen LogP contribution in [0.3, 0.4) is 0 Å². The minimum atomic E-state index is -0.710. The number of nitrogens with one attached hydrogen (secondary N) is 1. The molecule has 1 heterocycles. The van der Waals surface area contributed by atoms with E-state index >= 15 is 0 Å². The van der Waals surface area contributed by atoms with E-state index in [0.29, 0.717) is 27.8 Å². The van der Waals surface area contributed by atoms with Crippen LogP contribution in [0.2, 0.25) is 5.02 Å². The molecule has 3 aromatic carbocycles. The molecule has 0 bridgehead atoms. The number of hydrogen-bond acceptors (Lipinski definition) is 5. The van der Waals surface area contributed by atoms with Crippen LogP contribution < -0.4 is 19.6 Å². The van der Waals surface area contributed by atoms with Crippen LogP contribution in [0.15, 0.2) is 59.7 Å². The molecule has 142 valence electrons. The summed E-state index contributed by atoms with van der Waals surface area (Å²) in [4.78, 5) is 12.2. The van der Waals surface area contributed by atoms with Gasteiger partial charge in [-0.05, 0) is 47.5 Å². The van der Waals surface area contributed by atoms with E-state index in [1.165, 1.54) is 6.21 Å². The third-order valence-corrected chi connectivity index (χ3v) is 4.52. The van der Waals surface area contributed by atoms with Gasteiger partial charge in [-0.2, -0.15) is 5.10 Å². The first-order chi connectivity index (χ1) is 13.6. The number of halogens is 1. The van der Waals surface area contributed by atoms with Crippen molar-refractivity contribution in [3.05, 3.63) is 65.2 Å². The first-order valence-electron chi connectivity index (χ1n) is 8.68. The van der Waals surface area contributed by atoms with Crippen LogP contribution in [0.4, 0.5) is 0 Å². The van der Waals surface area contributed by atoms with E-state index in [1.807, 2.05) is 42.5 Å². The van der Waals surface area contributed by atoms with E-state index < -0.39 is 6.10 Å². The Morgan fingerprint density at radius 2 is 2.00 bits per heavy atom. The molecular formula is C21H17ClN2O4. The van der Waals surface area contributed by atoms with Crippen molar-refractivity contribution in [3.63, 3.8) is 0 Å². The number of fused-ring (bicyclic) bond motifs is 2. The molecule has 1 aliphatic rings. The second-order valence-electron chi connectivity index (χ2n) is 6.24. The Morgan fingerprint density at radius 1 is 1.18 bits per heavy atom. The number of ether oxygens (including phenoxy) is 3. The predicted octanol–water partition coefficient (Wildman–Crippen LogP) is 4.14. The van der Waals surface area contributed by atoms with Crippen LogP contribution in [0.1, 0.15) is 12.5 Å².